The number of carbonyl (C=O) groups excluding carboxylic acids is 1. The van der Waals surface area contributed by atoms with E-state index in [0.717, 1.165) is 31.9 Å². The van der Waals surface area contributed by atoms with Crippen LogP contribution in [0, 0.1) is 5.41 Å². The van der Waals surface area contributed by atoms with E-state index in [1.807, 2.05) is 0 Å². The fourth-order valence-electron chi connectivity index (χ4n) is 2.02. The molecule has 0 radical (unpaired) electrons. The first-order valence-electron chi connectivity index (χ1n) is 5.00. The molecular formula is C10H17NO2. The Hall–Kier alpha value is -0.410. The molecular weight excluding hydrogens is 166 g/mol. The molecule has 0 amide bonds. The summed E-state index contributed by atoms with van der Waals surface area (Å²) in [5.74, 6) is 0. The van der Waals surface area contributed by atoms with E-state index in [-0.39, 0.29) is 5.41 Å². The van der Waals surface area contributed by atoms with Gasteiger partial charge in [0.05, 0.1) is 12.0 Å². The van der Waals surface area contributed by atoms with Crippen LogP contribution in [-0.4, -0.2) is 44.0 Å². The van der Waals surface area contributed by atoms with E-state index in [1.54, 1.807) is 0 Å². The highest BCUT2D eigenvalue weighted by Crippen LogP contribution is 2.32. The van der Waals surface area contributed by atoms with Crippen LogP contribution in [0.25, 0.3) is 0 Å². The van der Waals surface area contributed by atoms with Crippen molar-refractivity contribution in [1.29, 1.82) is 0 Å². The number of carbonyl (C=O) groups is 1. The number of hydrogen-bond acceptors (Lipinski definition) is 3. The maximum absolute atomic E-state index is 11.0. The van der Waals surface area contributed by atoms with Gasteiger partial charge in [0.2, 0.25) is 0 Å². The second-order valence-corrected chi connectivity index (χ2v) is 4.43. The van der Waals surface area contributed by atoms with Crippen molar-refractivity contribution in [2.75, 3.05) is 26.8 Å². The summed E-state index contributed by atoms with van der Waals surface area (Å²) in [5.41, 5.74) is -0.197. The zero-order valence-electron chi connectivity index (χ0n) is 8.16. The van der Waals surface area contributed by atoms with Gasteiger partial charge in [0.15, 0.2) is 0 Å². The largest absolute Gasteiger partial charge is 0.380 e. The van der Waals surface area contributed by atoms with Crippen LogP contribution in [0.4, 0.5) is 0 Å². The Morgan fingerprint density at radius 2 is 2.38 bits per heavy atom. The highest BCUT2D eigenvalue weighted by Gasteiger charge is 2.38. The SMILES string of the molecule is CN(CC1(C=O)CCOC1)C1CC1. The minimum Gasteiger partial charge on any atom is -0.380 e. The minimum absolute atomic E-state index is 0.197. The first kappa shape index (κ1) is 9.16. The van der Waals surface area contributed by atoms with Crippen LogP contribution in [0.5, 0.6) is 0 Å². The van der Waals surface area contributed by atoms with Gasteiger partial charge < -0.3 is 14.4 Å². The van der Waals surface area contributed by atoms with E-state index < -0.39 is 0 Å². The lowest BCUT2D eigenvalue weighted by atomic mass is 9.89. The monoisotopic (exact) mass is 183 g/mol. The Labute approximate surface area is 79.0 Å². The van der Waals surface area contributed by atoms with Crippen LogP contribution in [0.2, 0.25) is 0 Å². The fraction of sp³-hybridized carbons (Fsp3) is 0.900. The number of aldehydes is 1. The van der Waals surface area contributed by atoms with Gasteiger partial charge in [0.1, 0.15) is 6.29 Å². The molecule has 0 spiro atoms. The van der Waals surface area contributed by atoms with Crippen LogP contribution in [0.3, 0.4) is 0 Å². The lowest BCUT2D eigenvalue weighted by Crippen LogP contribution is -2.38. The Kier molecular flexibility index (Phi) is 2.39. The third-order valence-corrected chi connectivity index (χ3v) is 3.12. The van der Waals surface area contributed by atoms with E-state index in [2.05, 4.69) is 11.9 Å². The van der Waals surface area contributed by atoms with Crippen molar-refractivity contribution < 1.29 is 9.53 Å². The van der Waals surface area contributed by atoms with Gasteiger partial charge in [-0.15, -0.1) is 0 Å². The highest BCUT2D eigenvalue weighted by molar-refractivity contribution is 5.60. The number of ether oxygens (including phenoxy) is 1. The predicted molar refractivity (Wildman–Crippen MR) is 49.6 cm³/mol. The molecule has 3 nitrogen and oxygen atoms in total. The summed E-state index contributed by atoms with van der Waals surface area (Å²) in [4.78, 5) is 13.3. The zero-order chi connectivity index (χ0) is 9.31. The summed E-state index contributed by atoms with van der Waals surface area (Å²) in [6.07, 6.45) is 4.59. The topological polar surface area (TPSA) is 29.5 Å². The van der Waals surface area contributed by atoms with E-state index >= 15 is 0 Å². The summed E-state index contributed by atoms with van der Waals surface area (Å²) < 4.78 is 5.29. The maximum Gasteiger partial charge on any atom is 0.129 e. The molecule has 1 aliphatic heterocycles. The van der Waals surface area contributed by atoms with Crippen molar-refractivity contribution in [3.05, 3.63) is 0 Å². The molecule has 2 aliphatic rings. The Morgan fingerprint density at radius 1 is 1.62 bits per heavy atom. The molecule has 13 heavy (non-hydrogen) atoms. The van der Waals surface area contributed by atoms with Gasteiger partial charge >= 0.3 is 0 Å². The molecule has 0 aromatic rings. The normalized spacial score (nSPS) is 34.0. The van der Waals surface area contributed by atoms with Gasteiger partial charge in [-0.2, -0.15) is 0 Å². The van der Waals surface area contributed by atoms with Gasteiger partial charge in [0, 0.05) is 19.2 Å². The van der Waals surface area contributed by atoms with Gasteiger partial charge in [-0.3, -0.25) is 0 Å². The molecule has 0 N–H and O–H groups in total. The van der Waals surface area contributed by atoms with Gasteiger partial charge in [0.25, 0.3) is 0 Å². The molecule has 2 rings (SSSR count). The predicted octanol–water partition coefficient (Wildman–Crippen LogP) is 0.686. The van der Waals surface area contributed by atoms with Gasteiger partial charge in [-0.25, -0.2) is 0 Å². The van der Waals surface area contributed by atoms with E-state index in [0.29, 0.717) is 6.61 Å². The van der Waals surface area contributed by atoms with Gasteiger partial charge in [-0.05, 0) is 26.3 Å². The molecule has 1 aliphatic carbocycles. The fourth-order valence-corrected chi connectivity index (χ4v) is 2.02. The Balaban J connectivity index is 1.92. The first-order chi connectivity index (χ1) is 6.26. The standard InChI is InChI=1S/C10H17NO2/c1-11(9-2-3-9)6-10(7-12)4-5-13-8-10/h7,9H,2-6,8H2,1H3. The minimum atomic E-state index is -0.197. The molecule has 0 bridgehead atoms. The highest BCUT2D eigenvalue weighted by atomic mass is 16.5. The first-order valence-corrected chi connectivity index (χ1v) is 5.00. The molecule has 1 atom stereocenters. The average Bonchev–Trinajstić information content (AvgIpc) is 2.89. The third-order valence-electron chi connectivity index (χ3n) is 3.12. The van der Waals surface area contributed by atoms with Crippen molar-refractivity contribution in [3.63, 3.8) is 0 Å². The van der Waals surface area contributed by atoms with Crippen molar-refractivity contribution in [2.24, 2.45) is 5.41 Å². The molecule has 1 heterocycles. The lowest BCUT2D eigenvalue weighted by molar-refractivity contribution is -0.117. The summed E-state index contributed by atoms with van der Waals surface area (Å²) in [6, 6.07) is 0.734. The van der Waals surface area contributed by atoms with Crippen LogP contribution in [0.1, 0.15) is 19.3 Å². The molecule has 1 saturated carbocycles. The van der Waals surface area contributed by atoms with Crippen LogP contribution < -0.4 is 0 Å². The Morgan fingerprint density at radius 3 is 2.85 bits per heavy atom. The smallest absolute Gasteiger partial charge is 0.129 e. The Bertz CT molecular complexity index is 195. The van der Waals surface area contributed by atoms with E-state index in [1.165, 1.54) is 12.8 Å². The number of nitrogens with zero attached hydrogens (tertiary/aromatic N) is 1. The van der Waals surface area contributed by atoms with Crippen LogP contribution in [-0.2, 0) is 9.53 Å². The lowest BCUT2D eigenvalue weighted by Gasteiger charge is -2.26. The van der Waals surface area contributed by atoms with Crippen molar-refractivity contribution >= 4 is 6.29 Å². The molecule has 3 heteroatoms. The van der Waals surface area contributed by atoms with E-state index in [4.69, 9.17) is 4.74 Å². The van der Waals surface area contributed by atoms with Gasteiger partial charge in [-0.1, -0.05) is 0 Å². The molecule has 1 saturated heterocycles. The molecule has 74 valence electrons. The van der Waals surface area contributed by atoms with Crippen molar-refractivity contribution in [2.45, 2.75) is 25.3 Å². The van der Waals surface area contributed by atoms with Crippen LogP contribution >= 0.6 is 0 Å². The molecule has 2 fully saturated rings. The second-order valence-electron chi connectivity index (χ2n) is 4.43. The van der Waals surface area contributed by atoms with E-state index in [9.17, 15) is 4.79 Å². The number of hydrogen-bond donors (Lipinski definition) is 0. The molecule has 0 aromatic carbocycles. The van der Waals surface area contributed by atoms with Crippen molar-refractivity contribution in [3.8, 4) is 0 Å². The number of rotatable bonds is 4. The summed E-state index contributed by atoms with van der Waals surface area (Å²) >= 11 is 0. The summed E-state index contributed by atoms with van der Waals surface area (Å²) in [5, 5.41) is 0. The second kappa shape index (κ2) is 3.39. The zero-order valence-corrected chi connectivity index (χ0v) is 8.16. The average molecular weight is 183 g/mol. The van der Waals surface area contributed by atoms with Crippen LogP contribution in [0.15, 0.2) is 0 Å². The molecule has 0 aromatic heterocycles. The van der Waals surface area contributed by atoms with Crippen molar-refractivity contribution in [1.82, 2.24) is 4.90 Å². The third kappa shape index (κ3) is 1.92. The summed E-state index contributed by atoms with van der Waals surface area (Å²) in [7, 11) is 2.11. The molecule has 1 unspecified atom stereocenters. The quantitative estimate of drug-likeness (QED) is 0.600. The summed E-state index contributed by atoms with van der Waals surface area (Å²) in [6.45, 7) is 2.24. The maximum atomic E-state index is 11.0.